The van der Waals surface area contributed by atoms with Gasteiger partial charge in [-0.05, 0) is 31.5 Å². The maximum Gasteiger partial charge on any atom is 0.339 e. The van der Waals surface area contributed by atoms with Gasteiger partial charge in [0, 0.05) is 5.69 Å². The Morgan fingerprint density at radius 1 is 1.24 bits per heavy atom. The van der Waals surface area contributed by atoms with Gasteiger partial charge in [-0.2, -0.15) is 0 Å². The number of ether oxygens (including phenoxy) is 1. The number of ketones is 1. The maximum atomic E-state index is 12.6. The second-order valence-electron chi connectivity index (χ2n) is 5.61. The fourth-order valence-electron chi connectivity index (χ4n) is 2.78. The Hall–Kier alpha value is -3.29. The summed E-state index contributed by atoms with van der Waals surface area (Å²) >= 11 is 0. The second kappa shape index (κ2) is 6.31. The number of hydrogen-bond donors (Lipinski definition) is 1. The molecule has 2 aromatic heterocycles. The summed E-state index contributed by atoms with van der Waals surface area (Å²) < 4.78 is 5.74. The number of benzene rings is 1. The van der Waals surface area contributed by atoms with E-state index in [1.807, 2.05) is 0 Å². The molecule has 0 aliphatic rings. The number of carbonyl (C=O) groups is 2. The van der Waals surface area contributed by atoms with Crippen molar-refractivity contribution in [1.82, 2.24) is 20.0 Å². The number of nitrogens with one attached hydrogen (secondary N) is 1. The highest BCUT2D eigenvalue weighted by atomic mass is 16.5. The van der Waals surface area contributed by atoms with Crippen molar-refractivity contribution in [2.24, 2.45) is 0 Å². The van der Waals surface area contributed by atoms with Crippen LogP contribution in [0.1, 0.15) is 32.1 Å². The van der Waals surface area contributed by atoms with Crippen LogP contribution in [0.15, 0.2) is 29.1 Å². The summed E-state index contributed by atoms with van der Waals surface area (Å²) in [5.74, 6) is -0.893. The average Bonchev–Trinajstić information content (AvgIpc) is 2.91. The van der Waals surface area contributed by atoms with Crippen LogP contribution >= 0.6 is 0 Å². The Morgan fingerprint density at radius 3 is 2.68 bits per heavy atom. The van der Waals surface area contributed by atoms with E-state index in [0.29, 0.717) is 27.7 Å². The predicted molar refractivity (Wildman–Crippen MR) is 89.7 cm³/mol. The van der Waals surface area contributed by atoms with E-state index >= 15 is 0 Å². The SMILES string of the molecule is COC(=O)c1c(C)[nH]c(C(=O)Cn2nnc3ccccc3c2=O)c1C. The zero-order valence-corrected chi connectivity index (χ0v) is 14.0. The molecule has 25 heavy (non-hydrogen) atoms. The number of carbonyl (C=O) groups excluding carboxylic acids is 2. The monoisotopic (exact) mass is 340 g/mol. The van der Waals surface area contributed by atoms with Crippen LogP contribution in [-0.4, -0.2) is 38.8 Å². The van der Waals surface area contributed by atoms with Crippen molar-refractivity contribution in [3.8, 4) is 0 Å². The lowest BCUT2D eigenvalue weighted by Gasteiger charge is -2.04. The smallest absolute Gasteiger partial charge is 0.339 e. The quantitative estimate of drug-likeness (QED) is 0.568. The normalized spacial score (nSPS) is 10.8. The minimum atomic E-state index is -0.520. The van der Waals surface area contributed by atoms with Gasteiger partial charge >= 0.3 is 5.97 Å². The topological polar surface area (TPSA) is 107 Å². The molecule has 0 saturated heterocycles. The van der Waals surface area contributed by atoms with Crippen LogP contribution in [0.3, 0.4) is 0 Å². The summed E-state index contributed by atoms with van der Waals surface area (Å²) in [6.45, 7) is 3.05. The van der Waals surface area contributed by atoms with Crippen molar-refractivity contribution in [3.63, 3.8) is 0 Å². The summed E-state index contributed by atoms with van der Waals surface area (Å²) in [5, 5.41) is 8.15. The third-order valence-electron chi connectivity index (χ3n) is 4.03. The Kier molecular flexibility index (Phi) is 4.18. The number of aryl methyl sites for hydroxylation is 1. The highest BCUT2D eigenvalue weighted by molar-refractivity contribution is 6.01. The van der Waals surface area contributed by atoms with Crippen LogP contribution in [0.4, 0.5) is 0 Å². The van der Waals surface area contributed by atoms with E-state index in [-0.39, 0.29) is 18.0 Å². The number of H-pyrrole nitrogens is 1. The minimum absolute atomic E-state index is 0.250. The van der Waals surface area contributed by atoms with Gasteiger partial charge in [0.25, 0.3) is 5.56 Å². The van der Waals surface area contributed by atoms with E-state index in [1.54, 1.807) is 38.1 Å². The van der Waals surface area contributed by atoms with Crippen molar-refractivity contribution in [2.45, 2.75) is 20.4 Å². The van der Waals surface area contributed by atoms with Gasteiger partial charge in [0.15, 0.2) is 0 Å². The zero-order valence-electron chi connectivity index (χ0n) is 14.0. The standard InChI is InChI=1S/C17H16N4O4/c1-9-14(17(24)25-3)10(2)18-15(9)13(22)8-21-16(23)11-6-4-5-7-12(11)19-20-21/h4-7,18H,8H2,1-3H3. The lowest BCUT2D eigenvalue weighted by Crippen LogP contribution is -2.28. The van der Waals surface area contributed by atoms with Crippen LogP contribution in [-0.2, 0) is 11.3 Å². The molecule has 8 heteroatoms. The second-order valence-corrected chi connectivity index (χ2v) is 5.61. The largest absolute Gasteiger partial charge is 0.465 e. The fraction of sp³-hybridized carbons (Fsp3) is 0.235. The molecule has 0 fully saturated rings. The summed E-state index contributed by atoms with van der Waals surface area (Å²) in [5.41, 5.74) is 1.66. The van der Waals surface area contributed by atoms with Crippen molar-refractivity contribution in [3.05, 3.63) is 57.1 Å². The molecular formula is C17H16N4O4. The Labute approximate surface area is 142 Å². The van der Waals surface area contributed by atoms with Crippen LogP contribution in [0.5, 0.6) is 0 Å². The summed E-state index contributed by atoms with van der Waals surface area (Å²) in [6.07, 6.45) is 0. The molecule has 0 aliphatic heterocycles. The molecule has 0 radical (unpaired) electrons. The molecule has 0 atom stereocenters. The van der Waals surface area contributed by atoms with Gasteiger partial charge in [-0.3, -0.25) is 9.59 Å². The van der Waals surface area contributed by atoms with Gasteiger partial charge in [0.05, 0.1) is 23.8 Å². The lowest BCUT2D eigenvalue weighted by atomic mass is 10.1. The van der Waals surface area contributed by atoms with E-state index in [1.165, 1.54) is 7.11 Å². The predicted octanol–water partition coefficient (Wildman–Crippen LogP) is 1.41. The van der Waals surface area contributed by atoms with Gasteiger partial charge in [-0.1, -0.05) is 17.3 Å². The van der Waals surface area contributed by atoms with Gasteiger partial charge in [0.1, 0.15) is 12.1 Å². The highest BCUT2D eigenvalue weighted by Crippen LogP contribution is 2.19. The van der Waals surface area contributed by atoms with Crippen LogP contribution in [0.2, 0.25) is 0 Å². The first-order valence-corrected chi connectivity index (χ1v) is 7.57. The molecule has 0 unspecified atom stereocenters. The highest BCUT2D eigenvalue weighted by Gasteiger charge is 2.23. The van der Waals surface area contributed by atoms with Crippen LogP contribution < -0.4 is 5.56 Å². The molecule has 0 saturated carbocycles. The minimum Gasteiger partial charge on any atom is -0.465 e. The molecule has 0 amide bonds. The third-order valence-corrected chi connectivity index (χ3v) is 4.03. The fourth-order valence-corrected chi connectivity index (χ4v) is 2.78. The average molecular weight is 340 g/mol. The Morgan fingerprint density at radius 2 is 1.96 bits per heavy atom. The molecule has 1 N–H and O–H groups in total. The van der Waals surface area contributed by atoms with E-state index in [0.717, 1.165) is 4.68 Å². The Bertz CT molecular complexity index is 1050. The molecule has 128 valence electrons. The van der Waals surface area contributed by atoms with Crippen molar-refractivity contribution in [1.29, 1.82) is 0 Å². The molecule has 0 bridgehead atoms. The molecule has 2 heterocycles. The summed E-state index contributed by atoms with van der Waals surface area (Å²) in [4.78, 5) is 39.7. The molecule has 0 aliphatic carbocycles. The van der Waals surface area contributed by atoms with Crippen molar-refractivity contribution in [2.75, 3.05) is 7.11 Å². The van der Waals surface area contributed by atoms with E-state index in [9.17, 15) is 14.4 Å². The number of rotatable bonds is 4. The molecule has 8 nitrogen and oxygen atoms in total. The zero-order chi connectivity index (χ0) is 18.1. The number of hydrogen-bond acceptors (Lipinski definition) is 6. The van der Waals surface area contributed by atoms with Gasteiger partial charge in [-0.25, -0.2) is 9.48 Å². The molecule has 3 rings (SSSR count). The third kappa shape index (κ3) is 2.82. The summed E-state index contributed by atoms with van der Waals surface area (Å²) in [7, 11) is 1.28. The van der Waals surface area contributed by atoms with Gasteiger partial charge in [-0.15, -0.1) is 5.10 Å². The van der Waals surface area contributed by atoms with E-state index < -0.39 is 11.5 Å². The van der Waals surface area contributed by atoms with Crippen molar-refractivity contribution >= 4 is 22.7 Å². The number of aromatic amines is 1. The maximum absolute atomic E-state index is 12.6. The molecule has 0 spiro atoms. The number of fused-ring (bicyclic) bond motifs is 1. The van der Waals surface area contributed by atoms with Gasteiger partial charge in [0.2, 0.25) is 5.78 Å². The number of nitrogens with zero attached hydrogens (tertiary/aromatic N) is 3. The van der Waals surface area contributed by atoms with E-state index in [2.05, 4.69) is 15.3 Å². The lowest BCUT2D eigenvalue weighted by molar-refractivity contribution is 0.0599. The number of methoxy groups -OCH3 is 1. The van der Waals surface area contributed by atoms with Crippen LogP contribution in [0.25, 0.3) is 10.9 Å². The summed E-state index contributed by atoms with van der Waals surface area (Å²) in [6, 6.07) is 6.79. The molecular weight excluding hydrogens is 324 g/mol. The first kappa shape index (κ1) is 16.6. The molecule has 1 aromatic carbocycles. The number of Topliss-reactive ketones (excluding diaryl/α,β-unsaturated/α-hetero) is 1. The first-order chi connectivity index (χ1) is 11.9. The Balaban J connectivity index is 1.97. The first-order valence-electron chi connectivity index (χ1n) is 7.57. The van der Waals surface area contributed by atoms with Crippen molar-refractivity contribution < 1.29 is 14.3 Å². The molecule has 3 aromatic rings. The number of aromatic nitrogens is 4. The number of esters is 1. The van der Waals surface area contributed by atoms with Crippen LogP contribution in [0, 0.1) is 13.8 Å². The van der Waals surface area contributed by atoms with E-state index in [4.69, 9.17) is 4.74 Å². The van der Waals surface area contributed by atoms with Gasteiger partial charge < -0.3 is 9.72 Å².